The zero-order chi connectivity index (χ0) is 20.4. The van der Waals surface area contributed by atoms with Crippen molar-refractivity contribution >= 4 is 39.7 Å². The number of para-hydroxylation sites is 3. The summed E-state index contributed by atoms with van der Waals surface area (Å²) in [6.07, 6.45) is 1.31. The van der Waals surface area contributed by atoms with Crippen LogP contribution < -0.4 is 5.56 Å². The Morgan fingerprint density at radius 2 is 1.86 bits per heavy atom. The van der Waals surface area contributed by atoms with Crippen LogP contribution in [0.2, 0.25) is 0 Å². The van der Waals surface area contributed by atoms with Crippen LogP contribution in [-0.4, -0.2) is 31.7 Å². The number of aromatic nitrogens is 4. The van der Waals surface area contributed by atoms with E-state index in [1.807, 2.05) is 41.2 Å². The van der Waals surface area contributed by atoms with Gasteiger partial charge in [0.2, 0.25) is 0 Å². The third kappa shape index (κ3) is 3.88. The predicted octanol–water partition coefficient (Wildman–Crippen LogP) is 3.44. The van der Waals surface area contributed by atoms with E-state index >= 15 is 0 Å². The van der Waals surface area contributed by atoms with Crippen LogP contribution in [0.3, 0.4) is 0 Å². The van der Waals surface area contributed by atoms with Gasteiger partial charge in [-0.3, -0.25) is 9.59 Å². The van der Waals surface area contributed by atoms with Crippen LogP contribution >= 0.6 is 11.8 Å². The number of hydrogen-bond acceptors (Lipinski definition) is 6. The highest BCUT2D eigenvalue weighted by atomic mass is 32.2. The first kappa shape index (κ1) is 19.2. The van der Waals surface area contributed by atoms with E-state index in [4.69, 9.17) is 4.74 Å². The van der Waals surface area contributed by atoms with Gasteiger partial charge in [-0.05, 0) is 37.4 Å². The molecule has 0 spiro atoms. The van der Waals surface area contributed by atoms with Crippen molar-refractivity contribution in [2.75, 3.05) is 6.26 Å². The molecule has 0 aliphatic heterocycles. The molecule has 4 aromatic rings. The summed E-state index contributed by atoms with van der Waals surface area (Å²) in [4.78, 5) is 36.7. The SMILES string of the molecule is CSCc1nc2ccccc2n1CC(=O)O[C@@H](C)c1nc2ccccc2c(=O)[nH]1. The van der Waals surface area contributed by atoms with Gasteiger partial charge < -0.3 is 14.3 Å². The second-order valence-electron chi connectivity index (χ2n) is 6.64. The Labute approximate surface area is 171 Å². The number of thioether (sulfide) groups is 1. The second-order valence-corrected chi connectivity index (χ2v) is 7.50. The summed E-state index contributed by atoms with van der Waals surface area (Å²) in [5.74, 6) is 1.41. The molecule has 2 heterocycles. The number of hydrogen-bond donors (Lipinski definition) is 1. The highest BCUT2D eigenvalue weighted by Crippen LogP contribution is 2.20. The summed E-state index contributed by atoms with van der Waals surface area (Å²) in [5.41, 5.74) is 2.05. The summed E-state index contributed by atoms with van der Waals surface area (Å²) in [7, 11) is 0. The second kappa shape index (κ2) is 8.08. The van der Waals surface area contributed by atoms with E-state index in [9.17, 15) is 9.59 Å². The number of esters is 1. The van der Waals surface area contributed by atoms with Crippen LogP contribution in [0.5, 0.6) is 0 Å². The Bertz CT molecular complexity index is 1250. The minimum Gasteiger partial charge on any atom is -0.453 e. The molecule has 0 bridgehead atoms. The molecule has 0 saturated carbocycles. The van der Waals surface area contributed by atoms with Gasteiger partial charge in [-0.2, -0.15) is 11.8 Å². The molecule has 0 fully saturated rings. The molecule has 0 amide bonds. The molecule has 148 valence electrons. The maximum Gasteiger partial charge on any atom is 0.326 e. The fraction of sp³-hybridized carbons (Fsp3) is 0.238. The van der Waals surface area contributed by atoms with Crippen LogP contribution in [0.15, 0.2) is 53.3 Å². The number of nitrogens with one attached hydrogen (secondary N) is 1. The summed E-state index contributed by atoms with van der Waals surface area (Å²) in [5, 5.41) is 0.501. The fourth-order valence-corrected chi connectivity index (χ4v) is 3.74. The van der Waals surface area contributed by atoms with Gasteiger partial charge in [0.05, 0.1) is 27.7 Å². The number of fused-ring (bicyclic) bond motifs is 2. The molecule has 0 aliphatic rings. The Morgan fingerprint density at radius 3 is 2.66 bits per heavy atom. The topological polar surface area (TPSA) is 89.9 Å². The highest BCUT2D eigenvalue weighted by Gasteiger charge is 2.18. The van der Waals surface area contributed by atoms with Gasteiger partial charge in [-0.15, -0.1) is 0 Å². The van der Waals surface area contributed by atoms with Crippen molar-refractivity contribution in [3.05, 3.63) is 70.5 Å². The smallest absolute Gasteiger partial charge is 0.326 e. The fourth-order valence-electron chi connectivity index (χ4n) is 3.26. The molecule has 1 N–H and O–H groups in total. The molecule has 8 heteroatoms. The minimum absolute atomic E-state index is 0.0402. The summed E-state index contributed by atoms with van der Waals surface area (Å²) < 4.78 is 7.44. The number of carbonyl (C=O) groups is 1. The third-order valence-corrected chi connectivity index (χ3v) is 5.17. The van der Waals surface area contributed by atoms with Crippen molar-refractivity contribution in [1.82, 2.24) is 19.5 Å². The number of nitrogens with zero attached hydrogens (tertiary/aromatic N) is 3. The number of carbonyl (C=O) groups excluding carboxylic acids is 1. The van der Waals surface area contributed by atoms with Crippen LogP contribution in [0.25, 0.3) is 21.9 Å². The molecule has 7 nitrogen and oxygen atoms in total. The van der Waals surface area contributed by atoms with Crippen molar-refractivity contribution in [2.24, 2.45) is 0 Å². The van der Waals surface area contributed by atoms with Crippen molar-refractivity contribution < 1.29 is 9.53 Å². The number of benzene rings is 2. The van der Waals surface area contributed by atoms with Crippen LogP contribution in [0.4, 0.5) is 0 Å². The Balaban J connectivity index is 1.57. The Morgan fingerprint density at radius 1 is 1.14 bits per heavy atom. The lowest BCUT2D eigenvalue weighted by Crippen LogP contribution is -2.20. The van der Waals surface area contributed by atoms with Crippen molar-refractivity contribution in [3.8, 4) is 0 Å². The highest BCUT2D eigenvalue weighted by molar-refractivity contribution is 7.97. The van der Waals surface area contributed by atoms with E-state index in [1.165, 1.54) is 0 Å². The van der Waals surface area contributed by atoms with Gasteiger partial charge in [-0.1, -0.05) is 24.3 Å². The molecule has 0 radical (unpaired) electrons. The maximum absolute atomic E-state index is 12.6. The number of imidazole rings is 1. The van der Waals surface area contributed by atoms with Gasteiger partial charge in [0.15, 0.2) is 11.9 Å². The minimum atomic E-state index is -0.682. The van der Waals surface area contributed by atoms with Gasteiger partial charge in [0.1, 0.15) is 12.4 Å². The van der Waals surface area contributed by atoms with E-state index < -0.39 is 12.1 Å². The van der Waals surface area contributed by atoms with E-state index in [1.54, 1.807) is 36.9 Å². The molecular formula is C21H20N4O3S. The lowest BCUT2D eigenvalue weighted by molar-refractivity contribution is -0.149. The molecule has 0 aliphatic carbocycles. The third-order valence-electron chi connectivity index (χ3n) is 4.62. The molecule has 0 unspecified atom stereocenters. The van der Waals surface area contributed by atoms with Crippen LogP contribution in [-0.2, 0) is 21.8 Å². The Hall–Kier alpha value is -3.13. The average Bonchev–Trinajstić information content (AvgIpc) is 3.05. The number of aromatic amines is 1. The van der Waals surface area contributed by atoms with E-state index in [2.05, 4.69) is 15.0 Å². The monoisotopic (exact) mass is 408 g/mol. The molecule has 2 aromatic carbocycles. The molecule has 2 aromatic heterocycles. The molecule has 1 atom stereocenters. The van der Waals surface area contributed by atoms with Gasteiger partial charge in [-0.25, -0.2) is 9.97 Å². The lowest BCUT2D eigenvalue weighted by atomic mass is 10.2. The zero-order valence-corrected chi connectivity index (χ0v) is 16.9. The largest absolute Gasteiger partial charge is 0.453 e. The number of H-pyrrole nitrogens is 1. The predicted molar refractivity (Wildman–Crippen MR) is 114 cm³/mol. The first-order valence-corrected chi connectivity index (χ1v) is 10.6. The van der Waals surface area contributed by atoms with E-state index in [0.717, 1.165) is 16.9 Å². The van der Waals surface area contributed by atoms with E-state index in [-0.39, 0.29) is 12.1 Å². The zero-order valence-electron chi connectivity index (χ0n) is 16.1. The molecule has 4 rings (SSSR count). The van der Waals surface area contributed by atoms with Crippen molar-refractivity contribution in [2.45, 2.75) is 25.3 Å². The quantitative estimate of drug-likeness (QED) is 0.492. The average molecular weight is 408 g/mol. The van der Waals surface area contributed by atoms with Gasteiger partial charge >= 0.3 is 5.97 Å². The lowest BCUT2D eigenvalue weighted by Gasteiger charge is -2.14. The first-order valence-electron chi connectivity index (χ1n) is 9.18. The number of ether oxygens (including phenoxy) is 1. The molecular weight excluding hydrogens is 388 g/mol. The van der Waals surface area contributed by atoms with Gasteiger partial charge in [0, 0.05) is 0 Å². The van der Waals surface area contributed by atoms with Gasteiger partial charge in [0.25, 0.3) is 5.56 Å². The standard InChI is InChI=1S/C21H20N4O3S/c1-13(20-23-15-8-4-3-7-14(15)21(27)24-20)28-19(26)11-25-17-10-6-5-9-16(17)22-18(25)12-29-2/h3-10,13H,11-12H2,1-2H3,(H,23,24,27)/t13-/m0/s1. The van der Waals surface area contributed by atoms with Crippen molar-refractivity contribution in [1.29, 1.82) is 0 Å². The number of rotatable bonds is 6. The van der Waals surface area contributed by atoms with Crippen molar-refractivity contribution in [3.63, 3.8) is 0 Å². The molecule has 29 heavy (non-hydrogen) atoms. The summed E-state index contributed by atoms with van der Waals surface area (Å²) in [6, 6.07) is 14.8. The van der Waals surface area contributed by atoms with E-state index in [0.29, 0.717) is 22.5 Å². The summed E-state index contributed by atoms with van der Waals surface area (Å²) in [6.45, 7) is 1.73. The first-order chi connectivity index (χ1) is 14.1. The maximum atomic E-state index is 12.6. The Kier molecular flexibility index (Phi) is 5.35. The van der Waals surface area contributed by atoms with Crippen LogP contribution in [0, 0.1) is 0 Å². The van der Waals surface area contributed by atoms with Crippen LogP contribution in [0.1, 0.15) is 24.7 Å². The molecule has 0 saturated heterocycles. The summed E-state index contributed by atoms with van der Waals surface area (Å²) >= 11 is 1.64. The normalized spacial score (nSPS) is 12.3.